The van der Waals surface area contributed by atoms with Crippen molar-refractivity contribution in [1.82, 2.24) is 10.3 Å². The maximum atomic E-state index is 11.7. The number of hydrogen-bond donors (Lipinski definition) is 1. The average molecular weight is 335 g/mol. The zero-order valence-corrected chi connectivity index (χ0v) is 13.5. The second-order valence-corrected chi connectivity index (χ2v) is 6.64. The van der Waals surface area contributed by atoms with Gasteiger partial charge in [-0.2, -0.15) is 0 Å². The van der Waals surface area contributed by atoms with Crippen LogP contribution in [0.2, 0.25) is 5.15 Å². The second-order valence-electron chi connectivity index (χ2n) is 4.56. The van der Waals surface area contributed by atoms with Crippen LogP contribution in [0.4, 0.5) is 0 Å². The van der Waals surface area contributed by atoms with Crippen molar-refractivity contribution in [2.45, 2.75) is 13.3 Å². The molecule has 6 heteroatoms. The van der Waals surface area contributed by atoms with Crippen LogP contribution in [0.15, 0.2) is 29.2 Å². The standard InChI is InChI=1S/C15H11ClN2OS2/c1-2-8-4-3-5-9-6-10(13(16)17-12(8)9)7-11-14(19)18-15(20)21-11/h3-7H,2H2,1H3,(H,18,19,20)/b11-7-. The van der Waals surface area contributed by atoms with Gasteiger partial charge in [0.25, 0.3) is 5.91 Å². The van der Waals surface area contributed by atoms with Crippen LogP contribution >= 0.6 is 35.6 Å². The molecule has 2 aromatic rings. The fourth-order valence-corrected chi connectivity index (χ4v) is 3.43. The summed E-state index contributed by atoms with van der Waals surface area (Å²) in [6.45, 7) is 2.08. The summed E-state index contributed by atoms with van der Waals surface area (Å²) >= 11 is 12.5. The van der Waals surface area contributed by atoms with Gasteiger partial charge in [0.15, 0.2) is 0 Å². The summed E-state index contributed by atoms with van der Waals surface area (Å²) in [5.41, 5.74) is 2.79. The Hall–Kier alpha value is -1.43. The summed E-state index contributed by atoms with van der Waals surface area (Å²) in [5.74, 6) is -0.191. The van der Waals surface area contributed by atoms with E-state index >= 15 is 0 Å². The van der Waals surface area contributed by atoms with Crippen molar-refractivity contribution in [2.75, 3.05) is 0 Å². The van der Waals surface area contributed by atoms with Crippen molar-refractivity contribution in [3.63, 3.8) is 0 Å². The third-order valence-electron chi connectivity index (χ3n) is 3.22. The molecule has 1 saturated heterocycles. The average Bonchev–Trinajstić information content (AvgIpc) is 2.77. The minimum atomic E-state index is -0.191. The summed E-state index contributed by atoms with van der Waals surface area (Å²) in [6, 6.07) is 7.99. The number of benzene rings is 1. The number of rotatable bonds is 2. The van der Waals surface area contributed by atoms with Gasteiger partial charge in [0.05, 0.1) is 10.4 Å². The number of fused-ring (bicyclic) bond motifs is 1. The van der Waals surface area contributed by atoms with E-state index in [1.807, 2.05) is 24.3 Å². The number of halogens is 1. The molecule has 1 aromatic carbocycles. The summed E-state index contributed by atoms with van der Waals surface area (Å²) in [4.78, 5) is 16.7. The molecule has 1 aliphatic heterocycles. The van der Waals surface area contributed by atoms with E-state index in [4.69, 9.17) is 23.8 Å². The molecule has 21 heavy (non-hydrogen) atoms. The van der Waals surface area contributed by atoms with Gasteiger partial charge in [0.1, 0.15) is 9.47 Å². The zero-order valence-electron chi connectivity index (χ0n) is 11.1. The van der Waals surface area contributed by atoms with Crippen molar-refractivity contribution in [3.05, 3.63) is 45.5 Å². The number of thioether (sulfide) groups is 1. The lowest BCUT2D eigenvalue weighted by Gasteiger charge is -2.06. The van der Waals surface area contributed by atoms with E-state index in [0.29, 0.717) is 14.4 Å². The lowest BCUT2D eigenvalue weighted by atomic mass is 10.1. The number of carbonyl (C=O) groups is 1. The Bertz CT molecular complexity index is 802. The molecule has 1 fully saturated rings. The molecule has 3 rings (SSSR count). The number of carbonyl (C=O) groups excluding carboxylic acids is 1. The van der Waals surface area contributed by atoms with Gasteiger partial charge in [0.2, 0.25) is 0 Å². The number of aryl methyl sites for hydroxylation is 1. The molecule has 1 N–H and O–H groups in total. The largest absolute Gasteiger partial charge is 0.307 e. The van der Waals surface area contributed by atoms with Crippen molar-refractivity contribution in [2.24, 2.45) is 0 Å². The Morgan fingerprint density at radius 2 is 2.29 bits per heavy atom. The normalized spacial score (nSPS) is 16.8. The highest BCUT2D eigenvalue weighted by Gasteiger charge is 2.22. The van der Waals surface area contributed by atoms with E-state index in [1.54, 1.807) is 6.08 Å². The number of hydrogen-bond acceptors (Lipinski definition) is 4. The molecular weight excluding hydrogens is 324 g/mol. The van der Waals surface area contributed by atoms with Crippen molar-refractivity contribution in [3.8, 4) is 0 Å². The fourth-order valence-electron chi connectivity index (χ4n) is 2.20. The molecule has 2 heterocycles. The second kappa shape index (κ2) is 5.75. The number of pyridine rings is 1. The van der Waals surface area contributed by atoms with Gasteiger partial charge in [-0.15, -0.1) is 0 Å². The van der Waals surface area contributed by atoms with Gasteiger partial charge in [-0.05, 0) is 24.1 Å². The highest BCUT2D eigenvalue weighted by Crippen LogP contribution is 2.30. The van der Waals surface area contributed by atoms with E-state index in [2.05, 4.69) is 17.2 Å². The van der Waals surface area contributed by atoms with Gasteiger partial charge >= 0.3 is 0 Å². The maximum absolute atomic E-state index is 11.7. The molecule has 3 nitrogen and oxygen atoms in total. The number of amides is 1. The number of nitrogens with zero attached hydrogens (tertiary/aromatic N) is 1. The van der Waals surface area contributed by atoms with Crippen LogP contribution in [0.25, 0.3) is 17.0 Å². The Morgan fingerprint density at radius 3 is 2.95 bits per heavy atom. The van der Waals surface area contributed by atoms with Gasteiger partial charge in [0, 0.05) is 10.9 Å². The van der Waals surface area contributed by atoms with Crippen molar-refractivity contribution < 1.29 is 4.79 Å². The molecule has 0 atom stereocenters. The van der Waals surface area contributed by atoms with E-state index < -0.39 is 0 Å². The molecule has 106 valence electrons. The predicted octanol–water partition coefficient (Wildman–Crippen LogP) is 3.94. The molecule has 1 amide bonds. The van der Waals surface area contributed by atoms with Crippen LogP contribution < -0.4 is 5.32 Å². The minimum absolute atomic E-state index is 0.191. The quantitative estimate of drug-likeness (QED) is 0.513. The highest BCUT2D eigenvalue weighted by atomic mass is 35.5. The first kappa shape index (κ1) is 14.5. The zero-order chi connectivity index (χ0) is 15.0. The summed E-state index contributed by atoms with van der Waals surface area (Å²) in [5, 5.41) is 3.99. The Morgan fingerprint density at radius 1 is 1.48 bits per heavy atom. The smallest absolute Gasteiger partial charge is 0.263 e. The molecule has 0 spiro atoms. The van der Waals surface area contributed by atoms with E-state index in [1.165, 1.54) is 11.8 Å². The first-order chi connectivity index (χ1) is 10.1. The summed E-state index contributed by atoms with van der Waals surface area (Å²) < 4.78 is 0.462. The lowest BCUT2D eigenvalue weighted by molar-refractivity contribution is -0.115. The maximum Gasteiger partial charge on any atom is 0.263 e. The Kier molecular flexibility index (Phi) is 3.97. The Labute approximate surface area is 136 Å². The monoisotopic (exact) mass is 334 g/mol. The topological polar surface area (TPSA) is 42.0 Å². The third kappa shape index (κ3) is 2.81. The summed E-state index contributed by atoms with van der Waals surface area (Å²) in [6.07, 6.45) is 2.63. The number of para-hydroxylation sites is 1. The summed E-state index contributed by atoms with van der Waals surface area (Å²) in [7, 11) is 0. The third-order valence-corrected chi connectivity index (χ3v) is 4.68. The first-order valence-corrected chi connectivity index (χ1v) is 8.01. The molecule has 1 aliphatic rings. The SMILES string of the molecule is CCc1cccc2cc(/C=C3\SC(=S)NC3=O)c(Cl)nc12. The van der Waals surface area contributed by atoms with Crippen molar-refractivity contribution in [1.29, 1.82) is 0 Å². The van der Waals surface area contributed by atoms with E-state index in [9.17, 15) is 4.79 Å². The van der Waals surface area contributed by atoms with Crippen LogP contribution in [-0.4, -0.2) is 15.2 Å². The van der Waals surface area contributed by atoms with Crippen LogP contribution in [0.5, 0.6) is 0 Å². The molecule has 0 unspecified atom stereocenters. The molecule has 0 radical (unpaired) electrons. The van der Waals surface area contributed by atoms with Crippen LogP contribution in [0.1, 0.15) is 18.1 Å². The molecule has 0 bridgehead atoms. The fraction of sp³-hybridized carbons (Fsp3) is 0.133. The van der Waals surface area contributed by atoms with Gasteiger partial charge in [-0.3, -0.25) is 4.79 Å². The lowest BCUT2D eigenvalue weighted by Crippen LogP contribution is -2.17. The predicted molar refractivity (Wildman–Crippen MR) is 92.4 cm³/mol. The van der Waals surface area contributed by atoms with E-state index in [-0.39, 0.29) is 5.91 Å². The Balaban J connectivity index is 2.12. The number of aromatic nitrogens is 1. The highest BCUT2D eigenvalue weighted by molar-refractivity contribution is 8.26. The molecule has 1 aromatic heterocycles. The van der Waals surface area contributed by atoms with Gasteiger partial charge in [-0.25, -0.2) is 4.98 Å². The van der Waals surface area contributed by atoms with E-state index in [0.717, 1.165) is 28.5 Å². The van der Waals surface area contributed by atoms with Crippen LogP contribution in [0.3, 0.4) is 0 Å². The van der Waals surface area contributed by atoms with Gasteiger partial charge < -0.3 is 5.32 Å². The van der Waals surface area contributed by atoms with Crippen LogP contribution in [-0.2, 0) is 11.2 Å². The minimum Gasteiger partial charge on any atom is -0.307 e. The van der Waals surface area contributed by atoms with Crippen molar-refractivity contribution >= 4 is 62.8 Å². The molecule has 0 saturated carbocycles. The van der Waals surface area contributed by atoms with Crippen LogP contribution in [0, 0.1) is 0 Å². The number of thiocarbonyl (C=S) groups is 1. The molecule has 0 aliphatic carbocycles. The van der Waals surface area contributed by atoms with Gasteiger partial charge in [-0.1, -0.05) is 60.7 Å². The number of nitrogens with one attached hydrogen (secondary N) is 1. The molecular formula is C15H11ClN2OS2. The first-order valence-electron chi connectivity index (χ1n) is 6.41.